The highest BCUT2D eigenvalue weighted by Gasteiger charge is 2.31. The zero-order valence-corrected chi connectivity index (χ0v) is 24.6. The minimum Gasteiger partial charge on any atom is -0.494 e. The van der Waals surface area contributed by atoms with Gasteiger partial charge in [-0.3, -0.25) is 0 Å². The fourth-order valence-electron chi connectivity index (χ4n) is 4.47. The number of nitriles is 1. The highest BCUT2D eigenvalue weighted by atomic mass is 35.5. The van der Waals surface area contributed by atoms with Crippen LogP contribution in [0.15, 0.2) is 66.1 Å². The molecule has 1 aliphatic heterocycles. The molecule has 1 atom stereocenters. The molecule has 0 aromatic heterocycles. The number of allylic oxidation sites excluding steroid dienone is 1. The van der Waals surface area contributed by atoms with Crippen molar-refractivity contribution in [1.29, 1.82) is 5.26 Å². The van der Waals surface area contributed by atoms with Crippen LogP contribution in [0.2, 0.25) is 10.0 Å². The zero-order valence-electron chi connectivity index (χ0n) is 23.0. The molecule has 0 fully saturated rings. The van der Waals surface area contributed by atoms with Crippen molar-refractivity contribution in [3.63, 3.8) is 0 Å². The van der Waals surface area contributed by atoms with Crippen molar-refractivity contribution in [3.8, 4) is 29.1 Å². The Balaban J connectivity index is 1.57. The Morgan fingerprint density at radius 3 is 2.39 bits per heavy atom. The van der Waals surface area contributed by atoms with Gasteiger partial charge in [0.2, 0.25) is 5.88 Å². The molecule has 3 aromatic rings. The normalized spacial score (nSPS) is 14.1. The Labute approximate surface area is 250 Å². The minimum absolute atomic E-state index is 0.0139. The Morgan fingerprint density at radius 2 is 1.68 bits per heavy atom. The number of esters is 1. The quantitative estimate of drug-likeness (QED) is 0.128. The van der Waals surface area contributed by atoms with E-state index in [0.717, 1.165) is 37.7 Å². The van der Waals surface area contributed by atoms with Gasteiger partial charge < -0.3 is 24.7 Å². The van der Waals surface area contributed by atoms with E-state index in [1.54, 1.807) is 18.2 Å². The summed E-state index contributed by atoms with van der Waals surface area (Å²) in [6.45, 7) is 5.28. The van der Waals surface area contributed by atoms with Gasteiger partial charge in [-0.1, -0.05) is 74.5 Å². The fourth-order valence-corrected chi connectivity index (χ4v) is 5.06. The van der Waals surface area contributed by atoms with Crippen LogP contribution in [-0.4, -0.2) is 19.2 Å². The average molecular weight is 596 g/mol. The number of hydrogen-bond acceptors (Lipinski definition) is 7. The molecule has 214 valence electrons. The summed E-state index contributed by atoms with van der Waals surface area (Å²) in [5.41, 5.74) is 8.17. The molecule has 2 N–H and O–H groups in total. The van der Waals surface area contributed by atoms with Gasteiger partial charge in [0.25, 0.3) is 0 Å². The molecule has 0 saturated carbocycles. The summed E-state index contributed by atoms with van der Waals surface area (Å²) in [6.07, 6.45) is 4.98. The molecule has 0 saturated heterocycles. The lowest BCUT2D eigenvalue weighted by atomic mass is 9.83. The number of hydrogen-bond donors (Lipinski definition) is 1. The summed E-state index contributed by atoms with van der Waals surface area (Å²) in [5, 5.41) is 10.4. The van der Waals surface area contributed by atoms with E-state index in [1.165, 1.54) is 12.1 Å². The first kappa shape index (κ1) is 30.1. The number of carbonyl (C=O) groups is 1. The number of nitrogens with zero attached hydrogens (tertiary/aromatic N) is 1. The maximum atomic E-state index is 13.0. The number of rotatable bonds is 12. The molecule has 7 nitrogen and oxygen atoms in total. The van der Waals surface area contributed by atoms with Gasteiger partial charge in [0, 0.05) is 11.6 Å². The van der Waals surface area contributed by atoms with Gasteiger partial charge in [-0.2, -0.15) is 5.26 Å². The zero-order chi connectivity index (χ0) is 29.4. The average Bonchev–Trinajstić information content (AvgIpc) is 2.96. The highest BCUT2D eigenvalue weighted by Crippen LogP contribution is 2.44. The third-order valence-electron chi connectivity index (χ3n) is 6.59. The molecule has 0 aliphatic carbocycles. The van der Waals surface area contributed by atoms with Gasteiger partial charge in [-0.25, -0.2) is 4.79 Å². The summed E-state index contributed by atoms with van der Waals surface area (Å²) in [4.78, 5) is 13.0. The predicted molar refractivity (Wildman–Crippen MR) is 159 cm³/mol. The Morgan fingerprint density at radius 1 is 0.951 bits per heavy atom. The summed E-state index contributed by atoms with van der Waals surface area (Å²) in [7, 11) is 0. The summed E-state index contributed by atoms with van der Waals surface area (Å²) < 4.78 is 23.0. The van der Waals surface area contributed by atoms with E-state index in [0.29, 0.717) is 36.0 Å². The lowest BCUT2D eigenvalue weighted by molar-refractivity contribution is 0.0734. The summed E-state index contributed by atoms with van der Waals surface area (Å²) in [6, 6.07) is 17.7. The first-order valence-electron chi connectivity index (χ1n) is 13.6. The van der Waals surface area contributed by atoms with Crippen LogP contribution in [0, 0.1) is 11.3 Å². The second-order valence-electron chi connectivity index (χ2n) is 9.61. The molecule has 4 rings (SSSR count). The third-order valence-corrected chi connectivity index (χ3v) is 7.15. The molecule has 0 radical (unpaired) electrons. The van der Waals surface area contributed by atoms with Crippen LogP contribution in [0.3, 0.4) is 0 Å². The second-order valence-corrected chi connectivity index (χ2v) is 10.4. The molecule has 41 heavy (non-hydrogen) atoms. The molecule has 0 bridgehead atoms. The lowest BCUT2D eigenvalue weighted by Crippen LogP contribution is -2.21. The van der Waals surface area contributed by atoms with E-state index in [4.69, 9.17) is 47.9 Å². The van der Waals surface area contributed by atoms with Crippen molar-refractivity contribution in [3.05, 3.63) is 92.8 Å². The standard InChI is InChI=1S/C32H32Cl2N2O5/c1-3-5-7-14-38-22-10-8-9-20(15-22)29-24-12-11-23(18-28(24)41-31(36)25(29)19-35)40-32(37)21-16-26(33)30(27(34)17-21)39-13-6-4-2/h8-12,15-18,29H,3-7,13-14,36H2,1-2H3. The van der Waals surface area contributed by atoms with Crippen LogP contribution >= 0.6 is 23.2 Å². The Bertz CT molecular complexity index is 1460. The smallest absolute Gasteiger partial charge is 0.343 e. The molecule has 9 heteroatoms. The van der Waals surface area contributed by atoms with Crippen LogP contribution in [0.25, 0.3) is 0 Å². The lowest BCUT2D eigenvalue weighted by Gasteiger charge is -2.27. The van der Waals surface area contributed by atoms with Crippen LogP contribution in [0.4, 0.5) is 0 Å². The highest BCUT2D eigenvalue weighted by molar-refractivity contribution is 6.37. The monoisotopic (exact) mass is 594 g/mol. The van der Waals surface area contributed by atoms with Gasteiger partial charge in [0.15, 0.2) is 5.75 Å². The molecular formula is C32H32Cl2N2O5. The molecular weight excluding hydrogens is 563 g/mol. The number of benzene rings is 3. The van der Waals surface area contributed by atoms with Crippen LogP contribution in [0.1, 0.15) is 73.4 Å². The van der Waals surface area contributed by atoms with Crippen LogP contribution in [0.5, 0.6) is 23.0 Å². The topological polar surface area (TPSA) is 104 Å². The maximum absolute atomic E-state index is 13.0. The predicted octanol–water partition coefficient (Wildman–Crippen LogP) is 8.18. The number of halogens is 2. The van der Waals surface area contributed by atoms with Gasteiger partial charge in [-0.05, 0) is 48.7 Å². The molecule has 1 aliphatic rings. The Hall–Kier alpha value is -3.86. The fraction of sp³-hybridized carbons (Fsp3) is 0.312. The van der Waals surface area contributed by atoms with E-state index in [9.17, 15) is 10.1 Å². The van der Waals surface area contributed by atoms with Crippen molar-refractivity contribution in [2.45, 2.75) is 51.9 Å². The van der Waals surface area contributed by atoms with E-state index < -0.39 is 11.9 Å². The van der Waals surface area contributed by atoms with Gasteiger partial charge in [0.05, 0.1) is 34.7 Å². The Kier molecular flexibility index (Phi) is 10.4. The van der Waals surface area contributed by atoms with E-state index in [-0.39, 0.29) is 32.8 Å². The minimum atomic E-state index is -0.657. The van der Waals surface area contributed by atoms with Crippen molar-refractivity contribution >= 4 is 29.2 Å². The first-order chi connectivity index (χ1) is 19.9. The molecule has 0 amide bonds. The molecule has 3 aromatic carbocycles. The van der Waals surface area contributed by atoms with Crippen LogP contribution < -0.4 is 24.7 Å². The van der Waals surface area contributed by atoms with Gasteiger partial charge in [-0.15, -0.1) is 0 Å². The van der Waals surface area contributed by atoms with Crippen LogP contribution in [-0.2, 0) is 0 Å². The maximum Gasteiger partial charge on any atom is 0.343 e. The number of nitrogens with two attached hydrogens (primary N) is 1. The molecule has 1 unspecified atom stereocenters. The largest absolute Gasteiger partial charge is 0.494 e. The van der Waals surface area contributed by atoms with Crippen molar-refractivity contribution in [2.24, 2.45) is 5.73 Å². The first-order valence-corrected chi connectivity index (χ1v) is 14.4. The van der Waals surface area contributed by atoms with E-state index in [2.05, 4.69) is 13.0 Å². The number of ether oxygens (including phenoxy) is 4. The second kappa shape index (κ2) is 14.2. The number of unbranched alkanes of at least 4 members (excludes halogenated alkanes) is 3. The summed E-state index contributed by atoms with van der Waals surface area (Å²) in [5.74, 6) is 0.497. The van der Waals surface area contributed by atoms with E-state index in [1.807, 2.05) is 31.2 Å². The summed E-state index contributed by atoms with van der Waals surface area (Å²) >= 11 is 12.7. The van der Waals surface area contributed by atoms with Crippen molar-refractivity contribution in [2.75, 3.05) is 13.2 Å². The number of fused-ring (bicyclic) bond motifs is 1. The van der Waals surface area contributed by atoms with Gasteiger partial charge in [0.1, 0.15) is 28.9 Å². The number of carbonyl (C=O) groups excluding carboxylic acids is 1. The van der Waals surface area contributed by atoms with Crippen molar-refractivity contribution in [1.82, 2.24) is 0 Å². The third kappa shape index (κ3) is 7.27. The molecule has 1 heterocycles. The van der Waals surface area contributed by atoms with E-state index >= 15 is 0 Å². The SMILES string of the molecule is CCCCCOc1cccc(C2C(C#N)=C(N)Oc3cc(OC(=O)c4cc(Cl)c(OCCCC)c(Cl)c4)ccc32)c1. The molecule has 0 spiro atoms. The van der Waals surface area contributed by atoms with Gasteiger partial charge >= 0.3 is 5.97 Å². The van der Waals surface area contributed by atoms with Crippen molar-refractivity contribution < 1.29 is 23.7 Å².